The third-order valence-electron chi connectivity index (χ3n) is 4.49. The molecule has 1 fully saturated rings. The molecular weight excluding hydrogens is 266 g/mol. The van der Waals surface area contributed by atoms with E-state index in [1.54, 1.807) is 4.90 Å². The second kappa shape index (κ2) is 5.85. The van der Waals surface area contributed by atoms with Crippen molar-refractivity contribution in [2.75, 3.05) is 6.54 Å². The number of nitrogens with two attached hydrogens (primary N) is 1. The van der Waals surface area contributed by atoms with E-state index in [0.717, 1.165) is 12.8 Å². The highest BCUT2D eigenvalue weighted by Crippen LogP contribution is 2.21. The minimum atomic E-state index is -0.440. The Kier molecular flexibility index (Phi) is 3.92. The Morgan fingerprint density at radius 3 is 2.71 bits per heavy atom. The van der Waals surface area contributed by atoms with Gasteiger partial charge in [0.05, 0.1) is 6.04 Å². The van der Waals surface area contributed by atoms with Gasteiger partial charge in [-0.3, -0.25) is 9.59 Å². The lowest BCUT2D eigenvalue weighted by Gasteiger charge is -2.37. The van der Waals surface area contributed by atoms with Crippen LogP contribution in [0.25, 0.3) is 0 Å². The number of rotatable bonds is 2. The van der Waals surface area contributed by atoms with Crippen molar-refractivity contribution in [2.45, 2.75) is 44.3 Å². The van der Waals surface area contributed by atoms with Gasteiger partial charge in [0.15, 0.2) is 0 Å². The summed E-state index contributed by atoms with van der Waals surface area (Å²) in [6.07, 6.45) is 3.26. The van der Waals surface area contributed by atoms with E-state index in [9.17, 15) is 9.59 Å². The van der Waals surface area contributed by atoms with Crippen molar-refractivity contribution in [3.63, 3.8) is 0 Å². The Morgan fingerprint density at radius 2 is 1.95 bits per heavy atom. The molecule has 5 heteroatoms. The SMILES string of the molecule is NC(=O)C1CCCCN1C(=O)[C@@H]1Cc2ccccc2CN1. The van der Waals surface area contributed by atoms with Crippen LogP contribution in [0.5, 0.6) is 0 Å². The summed E-state index contributed by atoms with van der Waals surface area (Å²) in [4.78, 5) is 26.0. The van der Waals surface area contributed by atoms with E-state index in [0.29, 0.717) is 25.9 Å². The first-order chi connectivity index (χ1) is 10.2. The van der Waals surface area contributed by atoms with E-state index >= 15 is 0 Å². The fraction of sp³-hybridized carbons (Fsp3) is 0.500. The van der Waals surface area contributed by atoms with Crippen LogP contribution >= 0.6 is 0 Å². The Hall–Kier alpha value is -1.88. The molecule has 0 radical (unpaired) electrons. The molecule has 2 amide bonds. The summed E-state index contributed by atoms with van der Waals surface area (Å²) in [6.45, 7) is 1.33. The topological polar surface area (TPSA) is 75.4 Å². The molecule has 1 saturated heterocycles. The number of carbonyl (C=O) groups excluding carboxylic acids is 2. The van der Waals surface area contributed by atoms with E-state index in [-0.39, 0.29) is 17.9 Å². The normalized spacial score (nSPS) is 25.2. The van der Waals surface area contributed by atoms with Gasteiger partial charge in [-0.1, -0.05) is 24.3 Å². The maximum atomic E-state index is 12.7. The molecule has 21 heavy (non-hydrogen) atoms. The van der Waals surface area contributed by atoms with Crippen LogP contribution in [0.15, 0.2) is 24.3 Å². The number of hydrogen-bond acceptors (Lipinski definition) is 3. The molecule has 2 aliphatic rings. The highest BCUT2D eigenvalue weighted by atomic mass is 16.2. The number of nitrogens with one attached hydrogen (secondary N) is 1. The van der Waals surface area contributed by atoms with Crippen molar-refractivity contribution in [2.24, 2.45) is 5.73 Å². The summed E-state index contributed by atoms with van der Waals surface area (Å²) in [5, 5.41) is 3.29. The van der Waals surface area contributed by atoms with Gasteiger partial charge < -0.3 is 16.0 Å². The van der Waals surface area contributed by atoms with E-state index in [4.69, 9.17) is 5.73 Å². The van der Waals surface area contributed by atoms with Gasteiger partial charge in [0.25, 0.3) is 0 Å². The number of nitrogens with zero attached hydrogens (tertiary/aromatic N) is 1. The van der Waals surface area contributed by atoms with Gasteiger partial charge in [-0.05, 0) is 36.8 Å². The lowest BCUT2D eigenvalue weighted by atomic mass is 9.93. The van der Waals surface area contributed by atoms with E-state index in [2.05, 4.69) is 17.4 Å². The molecule has 0 aromatic heterocycles. The van der Waals surface area contributed by atoms with Crippen molar-refractivity contribution in [3.05, 3.63) is 35.4 Å². The Bertz CT molecular complexity index is 558. The summed E-state index contributed by atoms with van der Waals surface area (Å²) in [7, 11) is 0. The number of fused-ring (bicyclic) bond motifs is 1. The van der Waals surface area contributed by atoms with Gasteiger partial charge in [-0.15, -0.1) is 0 Å². The Morgan fingerprint density at radius 1 is 1.19 bits per heavy atom. The van der Waals surface area contributed by atoms with Crippen LogP contribution in [0.2, 0.25) is 0 Å². The lowest BCUT2D eigenvalue weighted by Crippen LogP contribution is -2.57. The van der Waals surface area contributed by atoms with Crippen LogP contribution in [-0.2, 0) is 22.6 Å². The van der Waals surface area contributed by atoms with Gasteiger partial charge in [0.2, 0.25) is 11.8 Å². The van der Waals surface area contributed by atoms with Crippen molar-refractivity contribution < 1.29 is 9.59 Å². The third-order valence-corrected chi connectivity index (χ3v) is 4.49. The summed E-state index contributed by atoms with van der Waals surface area (Å²) in [5.41, 5.74) is 7.90. The fourth-order valence-electron chi connectivity index (χ4n) is 3.32. The second-order valence-corrected chi connectivity index (χ2v) is 5.85. The van der Waals surface area contributed by atoms with Crippen LogP contribution in [0.4, 0.5) is 0 Å². The predicted octanol–water partition coefficient (Wildman–Crippen LogP) is 0.567. The van der Waals surface area contributed by atoms with Crippen LogP contribution in [0.1, 0.15) is 30.4 Å². The number of piperidine rings is 1. The molecule has 1 aromatic carbocycles. The zero-order valence-electron chi connectivity index (χ0n) is 12.0. The van der Waals surface area contributed by atoms with E-state index in [1.807, 2.05) is 12.1 Å². The molecular formula is C16H21N3O2. The number of amides is 2. The first-order valence-corrected chi connectivity index (χ1v) is 7.57. The van der Waals surface area contributed by atoms with E-state index < -0.39 is 6.04 Å². The summed E-state index contributed by atoms with van der Waals surface area (Å²) >= 11 is 0. The molecule has 3 N–H and O–H groups in total. The maximum Gasteiger partial charge on any atom is 0.240 e. The largest absolute Gasteiger partial charge is 0.368 e. The average molecular weight is 287 g/mol. The van der Waals surface area contributed by atoms with Gasteiger partial charge in [-0.2, -0.15) is 0 Å². The highest BCUT2D eigenvalue weighted by Gasteiger charge is 2.35. The summed E-state index contributed by atoms with van der Waals surface area (Å²) < 4.78 is 0. The number of benzene rings is 1. The molecule has 2 aliphatic heterocycles. The van der Waals surface area contributed by atoms with Crippen LogP contribution in [0.3, 0.4) is 0 Å². The van der Waals surface area contributed by atoms with Gasteiger partial charge in [0, 0.05) is 13.1 Å². The zero-order chi connectivity index (χ0) is 14.8. The molecule has 112 valence electrons. The maximum absolute atomic E-state index is 12.7. The molecule has 0 aliphatic carbocycles. The van der Waals surface area contributed by atoms with Crippen LogP contribution in [-0.4, -0.2) is 35.3 Å². The number of hydrogen-bond donors (Lipinski definition) is 2. The van der Waals surface area contributed by atoms with Crippen molar-refractivity contribution in [1.82, 2.24) is 10.2 Å². The van der Waals surface area contributed by atoms with Crippen molar-refractivity contribution in [1.29, 1.82) is 0 Å². The lowest BCUT2D eigenvalue weighted by molar-refractivity contribution is -0.142. The quantitative estimate of drug-likeness (QED) is 0.835. The van der Waals surface area contributed by atoms with Crippen molar-refractivity contribution >= 4 is 11.8 Å². The van der Waals surface area contributed by atoms with Crippen LogP contribution in [0, 0.1) is 0 Å². The molecule has 2 atom stereocenters. The highest BCUT2D eigenvalue weighted by molar-refractivity contribution is 5.89. The average Bonchev–Trinajstić information content (AvgIpc) is 2.53. The third kappa shape index (κ3) is 2.78. The molecule has 0 spiro atoms. The molecule has 2 heterocycles. The van der Waals surface area contributed by atoms with E-state index in [1.165, 1.54) is 11.1 Å². The number of likely N-dealkylation sites (tertiary alicyclic amines) is 1. The molecule has 5 nitrogen and oxygen atoms in total. The second-order valence-electron chi connectivity index (χ2n) is 5.85. The minimum absolute atomic E-state index is 0.00741. The standard InChI is InChI=1S/C16H21N3O2/c17-15(20)14-7-3-4-8-19(14)16(21)13-9-11-5-1-2-6-12(11)10-18-13/h1-2,5-6,13-14,18H,3-4,7-10H2,(H2,17,20)/t13-,14?/m0/s1. The zero-order valence-corrected chi connectivity index (χ0v) is 12.0. The first kappa shape index (κ1) is 14.1. The summed E-state index contributed by atoms with van der Waals surface area (Å²) in [6, 6.07) is 7.47. The Labute approximate surface area is 124 Å². The number of carbonyl (C=O) groups is 2. The smallest absolute Gasteiger partial charge is 0.240 e. The minimum Gasteiger partial charge on any atom is -0.368 e. The molecule has 0 saturated carbocycles. The van der Waals surface area contributed by atoms with Crippen molar-refractivity contribution in [3.8, 4) is 0 Å². The molecule has 3 rings (SSSR count). The van der Waals surface area contributed by atoms with Gasteiger partial charge in [0.1, 0.15) is 6.04 Å². The molecule has 0 bridgehead atoms. The van der Waals surface area contributed by atoms with Crippen LogP contribution < -0.4 is 11.1 Å². The number of primary amides is 1. The molecule has 1 aromatic rings. The first-order valence-electron chi connectivity index (χ1n) is 7.57. The van der Waals surface area contributed by atoms with Gasteiger partial charge in [-0.25, -0.2) is 0 Å². The van der Waals surface area contributed by atoms with Gasteiger partial charge >= 0.3 is 0 Å². The monoisotopic (exact) mass is 287 g/mol. The predicted molar refractivity (Wildman–Crippen MR) is 79.3 cm³/mol. The fourth-order valence-corrected chi connectivity index (χ4v) is 3.32. The molecule has 1 unspecified atom stereocenters. The summed E-state index contributed by atoms with van der Waals surface area (Å²) in [5.74, 6) is -0.382. The Balaban J connectivity index is 1.75.